The molecule has 0 fully saturated rings. The first-order chi connectivity index (χ1) is 15.8. The van der Waals surface area contributed by atoms with Gasteiger partial charge < -0.3 is 19.5 Å². The average Bonchev–Trinajstić information content (AvgIpc) is 3.54. The molecule has 2 aromatic heterocycles. The van der Waals surface area contributed by atoms with E-state index in [1.54, 1.807) is 31.9 Å². The van der Waals surface area contributed by atoms with Crippen LogP contribution >= 0.6 is 11.3 Å². The van der Waals surface area contributed by atoms with Gasteiger partial charge in [-0.05, 0) is 35.7 Å². The van der Waals surface area contributed by atoms with E-state index in [4.69, 9.17) is 14.2 Å². The molecule has 0 bridgehead atoms. The van der Waals surface area contributed by atoms with Gasteiger partial charge in [-0.2, -0.15) is 10.1 Å². The largest absolute Gasteiger partial charge is 0.497 e. The molecule has 4 heterocycles. The number of nitrogens with zero attached hydrogens (tertiary/aromatic N) is 3. The van der Waals surface area contributed by atoms with Crippen LogP contribution in [0.1, 0.15) is 28.1 Å². The van der Waals surface area contributed by atoms with E-state index in [1.165, 1.54) is 0 Å². The second kappa shape index (κ2) is 7.42. The Bertz CT molecular complexity index is 1330. The molecule has 0 saturated carbocycles. The molecule has 2 aliphatic rings. The maximum atomic E-state index is 6.65. The third kappa shape index (κ3) is 2.80. The number of methoxy groups -OCH3 is 2. The molecular weight excluding hydrogens is 424 g/mol. The Morgan fingerprint density at radius 3 is 2.78 bits per heavy atom. The normalized spacial score (nSPS) is 18.7. The number of hydrogen-bond donors (Lipinski definition) is 1. The van der Waals surface area contributed by atoms with Gasteiger partial charge in [-0.25, -0.2) is 4.68 Å². The molecule has 0 radical (unpaired) electrons. The third-order valence-electron chi connectivity index (χ3n) is 5.86. The fraction of sp³-hybridized carbons (Fsp3) is 0.167. The first-order valence-corrected chi connectivity index (χ1v) is 11.1. The lowest BCUT2D eigenvalue weighted by Gasteiger charge is -2.38. The van der Waals surface area contributed by atoms with Crippen LogP contribution in [-0.4, -0.2) is 29.0 Å². The fourth-order valence-electron chi connectivity index (χ4n) is 4.43. The van der Waals surface area contributed by atoms with Gasteiger partial charge in [0.1, 0.15) is 29.6 Å². The molecule has 0 aliphatic carbocycles. The summed E-state index contributed by atoms with van der Waals surface area (Å²) in [6, 6.07) is 17.9. The summed E-state index contributed by atoms with van der Waals surface area (Å²) in [5.41, 5.74) is 3.98. The molecule has 0 saturated heterocycles. The summed E-state index contributed by atoms with van der Waals surface area (Å²) in [6.45, 7) is 0. The summed E-state index contributed by atoms with van der Waals surface area (Å²) in [6.07, 6.45) is 1.19. The number of fused-ring (bicyclic) bond motifs is 3. The minimum absolute atomic E-state index is 0.158. The average molecular weight is 445 g/mol. The summed E-state index contributed by atoms with van der Waals surface area (Å²) < 4.78 is 19.7. The number of nitrogens with one attached hydrogen (secondary N) is 1. The van der Waals surface area contributed by atoms with Gasteiger partial charge in [0.15, 0.2) is 6.10 Å². The number of para-hydroxylation sites is 1. The second-order valence-corrected chi connectivity index (χ2v) is 8.48. The van der Waals surface area contributed by atoms with Crippen LogP contribution in [0.25, 0.3) is 5.70 Å². The molecule has 0 amide bonds. The van der Waals surface area contributed by atoms with Crippen LogP contribution in [0, 0.1) is 0 Å². The lowest BCUT2D eigenvalue weighted by atomic mass is 9.86. The van der Waals surface area contributed by atoms with E-state index in [0.717, 1.165) is 38.8 Å². The van der Waals surface area contributed by atoms with Gasteiger partial charge in [0.2, 0.25) is 5.95 Å². The molecule has 0 unspecified atom stereocenters. The van der Waals surface area contributed by atoms with E-state index < -0.39 is 6.10 Å². The number of anilines is 1. The van der Waals surface area contributed by atoms with Crippen LogP contribution in [0.4, 0.5) is 5.95 Å². The minimum Gasteiger partial charge on any atom is -0.497 e. The fourth-order valence-corrected chi connectivity index (χ4v) is 5.26. The molecule has 32 heavy (non-hydrogen) atoms. The zero-order valence-electron chi connectivity index (χ0n) is 17.5. The number of aromatic nitrogens is 3. The zero-order chi connectivity index (χ0) is 21.7. The number of thiophene rings is 1. The first kappa shape index (κ1) is 18.9. The monoisotopic (exact) mass is 444 g/mol. The summed E-state index contributed by atoms with van der Waals surface area (Å²) in [7, 11) is 3.31. The molecule has 2 atom stereocenters. The van der Waals surface area contributed by atoms with Gasteiger partial charge >= 0.3 is 0 Å². The molecule has 7 nitrogen and oxygen atoms in total. The zero-order valence-corrected chi connectivity index (χ0v) is 18.3. The summed E-state index contributed by atoms with van der Waals surface area (Å²) >= 11 is 1.69. The molecule has 2 aliphatic heterocycles. The predicted octanol–water partition coefficient (Wildman–Crippen LogP) is 4.92. The van der Waals surface area contributed by atoms with Crippen molar-refractivity contribution in [2.24, 2.45) is 0 Å². The third-order valence-corrected chi connectivity index (χ3v) is 6.78. The molecule has 0 spiro atoms. The molecule has 1 N–H and O–H groups in total. The second-order valence-electron chi connectivity index (χ2n) is 7.50. The lowest BCUT2D eigenvalue weighted by molar-refractivity contribution is 0.218. The van der Waals surface area contributed by atoms with E-state index >= 15 is 0 Å². The van der Waals surface area contributed by atoms with Crippen molar-refractivity contribution in [2.75, 3.05) is 19.5 Å². The van der Waals surface area contributed by atoms with Crippen molar-refractivity contribution in [3.63, 3.8) is 0 Å². The highest BCUT2D eigenvalue weighted by atomic mass is 32.1. The van der Waals surface area contributed by atoms with Crippen molar-refractivity contribution in [3.8, 4) is 17.2 Å². The van der Waals surface area contributed by atoms with Crippen LogP contribution in [0.5, 0.6) is 17.2 Å². The van der Waals surface area contributed by atoms with E-state index in [2.05, 4.69) is 39.0 Å². The topological polar surface area (TPSA) is 70.4 Å². The van der Waals surface area contributed by atoms with E-state index in [-0.39, 0.29) is 6.04 Å². The minimum atomic E-state index is -0.391. The number of ether oxygens (including phenoxy) is 3. The summed E-state index contributed by atoms with van der Waals surface area (Å²) in [5.74, 6) is 2.94. The van der Waals surface area contributed by atoms with Gasteiger partial charge in [-0.15, -0.1) is 11.3 Å². The first-order valence-electron chi connectivity index (χ1n) is 10.2. The van der Waals surface area contributed by atoms with Crippen LogP contribution in [0.15, 0.2) is 71.9 Å². The molecule has 2 aromatic carbocycles. The van der Waals surface area contributed by atoms with Crippen molar-refractivity contribution in [2.45, 2.75) is 12.1 Å². The van der Waals surface area contributed by atoms with Crippen LogP contribution in [0.3, 0.4) is 0 Å². The van der Waals surface area contributed by atoms with Crippen molar-refractivity contribution in [1.29, 1.82) is 0 Å². The highest BCUT2D eigenvalue weighted by Gasteiger charge is 2.42. The Kier molecular flexibility index (Phi) is 4.39. The Hall–Kier alpha value is -3.78. The molecule has 6 rings (SSSR count). The number of benzene rings is 2. The van der Waals surface area contributed by atoms with Crippen LogP contribution in [-0.2, 0) is 0 Å². The Balaban J connectivity index is 1.62. The van der Waals surface area contributed by atoms with Crippen molar-refractivity contribution < 1.29 is 14.2 Å². The number of hydrogen-bond acceptors (Lipinski definition) is 7. The van der Waals surface area contributed by atoms with E-state index in [0.29, 0.717) is 11.7 Å². The Morgan fingerprint density at radius 2 is 1.97 bits per heavy atom. The van der Waals surface area contributed by atoms with Gasteiger partial charge in [-0.1, -0.05) is 18.2 Å². The Morgan fingerprint density at radius 1 is 1.06 bits per heavy atom. The maximum Gasteiger partial charge on any atom is 0.226 e. The van der Waals surface area contributed by atoms with Gasteiger partial charge in [0.25, 0.3) is 0 Å². The maximum absolute atomic E-state index is 6.65. The Labute approximate surface area is 188 Å². The molecular formula is C24H20N4O3S. The van der Waals surface area contributed by atoms with Crippen LogP contribution in [0.2, 0.25) is 0 Å². The van der Waals surface area contributed by atoms with E-state index in [1.807, 2.05) is 41.1 Å². The van der Waals surface area contributed by atoms with Crippen molar-refractivity contribution >= 4 is 23.0 Å². The quantitative estimate of drug-likeness (QED) is 0.482. The smallest absolute Gasteiger partial charge is 0.226 e. The highest BCUT2D eigenvalue weighted by Crippen LogP contribution is 2.52. The molecule has 4 aromatic rings. The SMILES string of the molecule is COc1ccc([C@@H]2Oc3ccccc3C3=C2[C@@H](c2cccs2)n2ncnc2N3)c(OC)c1. The standard InChI is InChI=1S/C24H20N4O3S/c1-29-14-9-10-16(18(12-14)30-2)23-20-21(15-6-3-4-7-17(15)31-23)27-24-25-13-26-28(24)22(20)19-8-5-11-32-19/h3-13,22-23H,1-2H3,(H,25,26,27)/t22-,23+/m1/s1. The van der Waals surface area contributed by atoms with Crippen molar-refractivity contribution in [3.05, 3.63) is 87.9 Å². The molecule has 160 valence electrons. The lowest BCUT2D eigenvalue weighted by Crippen LogP contribution is -2.32. The predicted molar refractivity (Wildman–Crippen MR) is 122 cm³/mol. The van der Waals surface area contributed by atoms with Gasteiger partial charge in [0, 0.05) is 27.6 Å². The molecule has 8 heteroatoms. The van der Waals surface area contributed by atoms with Crippen molar-refractivity contribution in [1.82, 2.24) is 14.8 Å². The van der Waals surface area contributed by atoms with E-state index in [9.17, 15) is 0 Å². The highest BCUT2D eigenvalue weighted by molar-refractivity contribution is 7.10. The summed E-state index contributed by atoms with van der Waals surface area (Å²) in [4.78, 5) is 5.62. The van der Waals surface area contributed by atoms with Crippen LogP contribution < -0.4 is 19.5 Å². The summed E-state index contributed by atoms with van der Waals surface area (Å²) in [5, 5.41) is 10.1. The van der Waals surface area contributed by atoms with Gasteiger partial charge in [0.05, 0.1) is 19.9 Å². The van der Waals surface area contributed by atoms with Gasteiger partial charge in [-0.3, -0.25) is 0 Å². The number of rotatable bonds is 4.